The van der Waals surface area contributed by atoms with Crippen LogP contribution in [0, 0.1) is 5.82 Å². The Morgan fingerprint density at radius 1 is 1.15 bits per heavy atom. The molecule has 1 atom stereocenters. The van der Waals surface area contributed by atoms with Crippen molar-refractivity contribution in [2.75, 3.05) is 6.54 Å². The van der Waals surface area contributed by atoms with Crippen LogP contribution in [0.4, 0.5) is 4.39 Å². The van der Waals surface area contributed by atoms with E-state index in [1.165, 1.54) is 32.1 Å². The Morgan fingerprint density at radius 3 is 2.60 bits per heavy atom. The van der Waals surface area contributed by atoms with Crippen molar-refractivity contribution in [2.24, 2.45) is 0 Å². The molecule has 0 aliphatic carbocycles. The molecule has 114 valence electrons. The highest BCUT2D eigenvalue weighted by atomic mass is 35.5. The van der Waals surface area contributed by atoms with Gasteiger partial charge in [0.15, 0.2) is 0 Å². The van der Waals surface area contributed by atoms with Crippen molar-refractivity contribution >= 4 is 11.6 Å². The SMILES string of the molecule is CCCCCCCC(Cc1cccc(Cl)c1F)NCC. The highest BCUT2D eigenvalue weighted by Gasteiger charge is 2.13. The van der Waals surface area contributed by atoms with Crippen LogP contribution in [0.1, 0.15) is 57.9 Å². The fraction of sp³-hybridized carbons (Fsp3) is 0.647. The van der Waals surface area contributed by atoms with E-state index in [-0.39, 0.29) is 10.8 Å². The van der Waals surface area contributed by atoms with Gasteiger partial charge in [-0.05, 0) is 31.0 Å². The third-order valence-electron chi connectivity index (χ3n) is 3.65. The maximum atomic E-state index is 13.9. The van der Waals surface area contributed by atoms with Gasteiger partial charge >= 0.3 is 0 Å². The zero-order valence-electron chi connectivity index (χ0n) is 12.7. The molecule has 1 nitrogen and oxygen atoms in total. The first-order valence-electron chi connectivity index (χ1n) is 7.85. The minimum atomic E-state index is -0.261. The molecule has 0 aliphatic rings. The summed E-state index contributed by atoms with van der Waals surface area (Å²) < 4.78 is 13.9. The quantitative estimate of drug-likeness (QED) is 0.573. The lowest BCUT2D eigenvalue weighted by Crippen LogP contribution is -2.31. The Morgan fingerprint density at radius 2 is 1.90 bits per heavy atom. The molecule has 0 fully saturated rings. The van der Waals surface area contributed by atoms with Gasteiger partial charge in [-0.15, -0.1) is 0 Å². The van der Waals surface area contributed by atoms with Gasteiger partial charge in [-0.1, -0.05) is 69.7 Å². The molecule has 3 heteroatoms. The second kappa shape index (κ2) is 10.2. The molecule has 1 aromatic carbocycles. The molecule has 0 spiro atoms. The predicted molar refractivity (Wildman–Crippen MR) is 86.0 cm³/mol. The monoisotopic (exact) mass is 299 g/mol. The van der Waals surface area contributed by atoms with E-state index in [0.29, 0.717) is 12.5 Å². The van der Waals surface area contributed by atoms with Crippen LogP contribution in [0.5, 0.6) is 0 Å². The summed E-state index contributed by atoms with van der Waals surface area (Å²) in [6, 6.07) is 5.61. The first kappa shape index (κ1) is 17.5. The fourth-order valence-electron chi connectivity index (χ4n) is 2.53. The van der Waals surface area contributed by atoms with Crippen molar-refractivity contribution < 1.29 is 4.39 Å². The van der Waals surface area contributed by atoms with Crippen molar-refractivity contribution in [1.82, 2.24) is 5.32 Å². The van der Waals surface area contributed by atoms with Crippen LogP contribution in [0.3, 0.4) is 0 Å². The Balaban J connectivity index is 2.47. The molecule has 0 saturated heterocycles. The first-order chi connectivity index (χ1) is 9.69. The minimum absolute atomic E-state index is 0.223. The Labute approximate surface area is 127 Å². The molecule has 1 unspecified atom stereocenters. The minimum Gasteiger partial charge on any atom is -0.314 e. The fourth-order valence-corrected chi connectivity index (χ4v) is 2.72. The summed E-state index contributed by atoms with van der Waals surface area (Å²) in [4.78, 5) is 0. The summed E-state index contributed by atoms with van der Waals surface area (Å²) >= 11 is 5.84. The molecular weight excluding hydrogens is 273 g/mol. The number of nitrogens with one attached hydrogen (secondary N) is 1. The zero-order chi connectivity index (χ0) is 14.8. The smallest absolute Gasteiger partial charge is 0.145 e. The van der Waals surface area contributed by atoms with Crippen molar-refractivity contribution in [3.8, 4) is 0 Å². The van der Waals surface area contributed by atoms with Gasteiger partial charge in [0.05, 0.1) is 5.02 Å². The third kappa shape index (κ3) is 6.23. The van der Waals surface area contributed by atoms with E-state index in [9.17, 15) is 4.39 Å². The van der Waals surface area contributed by atoms with Crippen molar-refractivity contribution in [2.45, 2.75) is 64.8 Å². The predicted octanol–water partition coefficient (Wildman–Crippen LogP) is 5.36. The number of likely N-dealkylation sites (N-methyl/N-ethyl adjacent to an activating group) is 1. The lowest BCUT2D eigenvalue weighted by molar-refractivity contribution is 0.453. The van der Waals surface area contributed by atoms with Crippen molar-refractivity contribution in [3.63, 3.8) is 0 Å². The lowest BCUT2D eigenvalue weighted by Gasteiger charge is -2.18. The number of hydrogen-bond acceptors (Lipinski definition) is 1. The molecule has 0 saturated carbocycles. The Bertz CT molecular complexity index is 381. The average molecular weight is 300 g/mol. The van der Waals surface area contributed by atoms with Gasteiger partial charge in [-0.3, -0.25) is 0 Å². The van der Waals surface area contributed by atoms with E-state index < -0.39 is 0 Å². The first-order valence-corrected chi connectivity index (χ1v) is 8.23. The molecule has 1 rings (SSSR count). The summed E-state index contributed by atoms with van der Waals surface area (Å²) in [6.45, 7) is 5.24. The molecule has 1 aromatic rings. The zero-order valence-corrected chi connectivity index (χ0v) is 13.5. The second-order valence-electron chi connectivity index (χ2n) is 5.37. The van der Waals surface area contributed by atoms with E-state index in [4.69, 9.17) is 11.6 Å². The van der Waals surface area contributed by atoms with Crippen LogP contribution in [-0.4, -0.2) is 12.6 Å². The second-order valence-corrected chi connectivity index (χ2v) is 5.78. The molecular formula is C17H27ClFN. The number of benzene rings is 1. The van der Waals surface area contributed by atoms with E-state index in [1.54, 1.807) is 6.07 Å². The molecule has 0 aliphatic heterocycles. The summed E-state index contributed by atoms with van der Waals surface area (Å²) in [5.74, 6) is -0.261. The number of rotatable bonds is 10. The van der Waals surface area contributed by atoms with Gasteiger partial charge in [0, 0.05) is 6.04 Å². The van der Waals surface area contributed by atoms with Gasteiger partial charge < -0.3 is 5.32 Å². The van der Waals surface area contributed by atoms with Crippen molar-refractivity contribution in [1.29, 1.82) is 0 Å². The highest BCUT2D eigenvalue weighted by molar-refractivity contribution is 6.30. The summed E-state index contributed by atoms with van der Waals surface area (Å²) in [5.41, 5.74) is 0.719. The van der Waals surface area contributed by atoms with Crippen LogP contribution in [0.15, 0.2) is 18.2 Å². The molecule has 0 bridgehead atoms. The largest absolute Gasteiger partial charge is 0.314 e. The van der Waals surface area contributed by atoms with Crippen LogP contribution < -0.4 is 5.32 Å². The molecule has 1 N–H and O–H groups in total. The van der Waals surface area contributed by atoms with Crippen LogP contribution in [-0.2, 0) is 6.42 Å². The van der Waals surface area contributed by atoms with Gasteiger partial charge in [0.2, 0.25) is 0 Å². The third-order valence-corrected chi connectivity index (χ3v) is 3.94. The summed E-state index contributed by atoms with van der Waals surface area (Å²) in [5, 5.41) is 3.68. The topological polar surface area (TPSA) is 12.0 Å². The van der Waals surface area contributed by atoms with Crippen LogP contribution in [0.2, 0.25) is 5.02 Å². The van der Waals surface area contributed by atoms with Gasteiger partial charge in [-0.2, -0.15) is 0 Å². The van der Waals surface area contributed by atoms with E-state index in [1.807, 2.05) is 12.1 Å². The Kier molecular flexibility index (Phi) is 8.88. The molecule has 0 aromatic heterocycles. The van der Waals surface area contributed by atoms with Crippen LogP contribution >= 0.6 is 11.6 Å². The normalized spacial score (nSPS) is 12.6. The van der Waals surface area contributed by atoms with Crippen molar-refractivity contribution in [3.05, 3.63) is 34.6 Å². The summed E-state index contributed by atoms with van der Waals surface area (Å²) in [6.07, 6.45) is 8.19. The highest BCUT2D eigenvalue weighted by Crippen LogP contribution is 2.20. The van der Waals surface area contributed by atoms with Gasteiger partial charge in [-0.25, -0.2) is 4.39 Å². The van der Waals surface area contributed by atoms with E-state index in [0.717, 1.165) is 18.5 Å². The number of unbranched alkanes of at least 4 members (excludes halogenated alkanes) is 4. The standard InChI is InChI=1S/C17H27ClFN/c1-3-5-6-7-8-11-15(20-4-2)13-14-10-9-12-16(18)17(14)19/h9-10,12,15,20H,3-8,11,13H2,1-2H3. The Hall–Kier alpha value is -0.600. The average Bonchev–Trinajstić information content (AvgIpc) is 2.43. The van der Waals surface area contributed by atoms with Crippen LogP contribution in [0.25, 0.3) is 0 Å². The molecule has 0 heterocycles. The molecule has 0 amide bonds. The maximum Gasteiger partial charge on any atom is 0.145 e. The van der Waals surface area contributed by atoms with E-state index >= 15 is 0 Å². The van der Waals surface area contributed by atoms with E-state index in [2.05, 4.69) is 19.2 Å². The molecule has 20 heavy (non-hydrogen) atoms. The molecule has 0 radical (unpaired) electrons. The summed E-state index contributed by atoms with van der Waals surface area (Å²) in [7, 11) is 0. The van der Waals surface area contributed by atoms with Gasteiger partial charge in [0.1, 0.15) is 5.82 Å². The van der Waals surface area contributed by atoms with Gasteiger partial charge in [0.25, 0.3) is 0 Å². The maximum absolute atomic E-state index is 13.9. The number of halogens is 2. The number of hydrogen-bond donors (Lipinski definition) is 1. The lowest BCUT2D eigenvalue weighted by atomic mass is 9.99.